The van der Waals surface area contributed by atoms with Crippen molar-refractivity contribution in [2.75, 3.05) is 13.2 Å². The SMILES string of the molecule is CC(C)(C)[Si](OCC(COS(=O)(=O)[O-])OS(=O)(=O)[O-])(c1ccccc1)c1ccccc1.[Na+].[Na+]. The fourth-order valence-electron chi connectivity index (χ4n) is 3.41. The fraction of sp³-hybridized carbons (Fsp3) is 0.368. The van der Waals surface area contributed by atoms with Crippen molar-refractivity contribution in [2.45, 2.75) is 31.9 Å². The van der Waals surface area contributed by atoms with Crippen molar-refractivity contribution in [2.24, 2.45) is 0 Å². The van der Waals surface area contributed by atoms with Crippen molar-refractivity contribution in [1.29, 1.82) is 0 Å². The van der Waals surface area contributed by atoms with E-state index in [-0.39, 0.29) is 59.1 Å². The van der Waals surface area contributed by atoms with Gasteiger partial charge >= 0.3 is 59.1 Å². The minimum absolute atomic E-state index is 0. The summed E-state index contributed by atoms with van der Waals surface area (Å²) >= 11 is 0. The molecule has 9 nitrogen and oxygen atoms in total. The molecule has 0 aliphatic rings. The summed E-state index contributed by atoms with van der Waals surface area (Å²) in [5, 5.41) is 1.27. The van der Waals surface area contributed by atoms with Gasteiger partial charge in [0.15, 0.2) is 0 Å². The van der Waals surface area contributed by atoms with Gasteiger partial charge in [0.25, 0.3) is 8.32 Å². The molecule has 0 spiro atoms. The topological polar surface area (TPSA) is 142 Å². The molecule has 1 unspecified atom stereocenters. The monoisotopic (exact) mass is 534 g/mol. The molecule has 0 saturated heterocycles. The maximum Gasteiger partial charge on any atom is 1.00 e. The molecule has 0 fully saturated rings. The first-order valence-corrected chi connectivity index (χ1v) is 13.8. The van der Waals surface area contributed by atoms with E-state index in [0.717, 1.165) is 10.4 Å². The Hall–Kier alpha value is 0.357. The minimum Gasteiger partial charge on any atom is -0.726 e. The first-order chi connectivity index (χ1) is 14.2. The van der Waals surface area contributed by atoms with Crippen LogP contribution in [0.2, 0.25) is 5.04 Å². The summed E-state index contributed by atoms with van der Waals surface area (Å²) in [4.78, 5) is 0. The quantitative estimate of drug-likeness (QED) is 0.166. The predicted octanol–water partition coefficient (Wildman–Crippen LogP) is -5.11. The van der Waals surface area contributed by atoms with Gasteiger partial charge in [-0.2, -0.15) is 0 Å². The third-order valence-corrected chi connectivity index (χ3v) is 10.5. The molecule has 0 amide bonds. The summed E-state index contributed by atoms with van der Waals surface area (Å²) in [5.41, 5.74) is 0. The van der Waals surface area contributed by atoms with E-state index >= 15 is 0 Å². The standard InChI is InChI=1S/C19H26O9S2Si.2Na/c1-19(2,3)31(17-10-6-4-7-11-17,18-12-8-5-9-13-18)27-15-16(28-30(23,24)25)14-26-29(20,21)22;;/h4-13,16H,14-15H2,1-3H3,(H,20,21,22)(H,23,24,25);;/q;2*+1/p-2. The van der Waals surface area contributed by atoms with Gasteiger partial charge in [0.2, 0.25) is 20.8 Å². The van der Waals surface area contributed by atoms with Crippen molar-refractivity contribution in [3.8, 4) is 0 Å². The van der Waals surface area contributed by atoms with Crippen LogP contribution in [0.25, 0.3) is 0 Å². The van der Waals surface area contributed by atoms with Gasteiger partial charge in [0.05, 0.1) is 13.2 Å². The summed E-state index contributed by atoms with van der Waals surface area (Å²) in [6.07, 6.45) is -1.63. The Morgan fingerprint density at radius 3 is 1.55 bits per heavy atom. The summed E-state index contributed by atoms with van der Waals surface area (Å²) in [6.45, 7) is 4.43. The van der Waals surface area contributed by atoms with Crippen LogP contribution in [0.5, 0.6) is 0 Å². The van der Waals surface area contributed by atoms with Gasteiger partial charge < -0.3 is 13.5 Å². The van der Waals surface area contributed by atoms with E-state index in [1.165, 1.54) is 0 Å². The van der Waals surface area contributed by atoms with Crippen LogP contribution in [0, 0.1) is 0 Å². The number of benzene rings is 2. The normalized spacial score (nSPS) is 13.5. The van der Waals surface area contributed by atoms with Crippen LogP contribution in [0.3, 0.4) is 0 Å². The predicted molar refractivity (Wildman–Crippen MR) is 114 cm³/mol. The van der Waals surface area contributed by atoms with Gasteiger partial charge in [-0.3, -0.25) is 8.37 Å². The molecule has 0 radical (unpaired) electrons. The van der Waals surface area contributed by atoms with Gasteiger partial charge in [0, 0.05) is 0 Å². The van der Waals surface area contributed by atoms with Crippen LogP contribution in [-0.4, -0.2) is 53.6 Å². The van der Waals surface area contributed by atoms with E-state index in [1.54, 1.807) is 0 Å². The van der Waals surface area contributed by atoms with Gasteiger partial charge in [-0.05, 0) is 15.4 Å². The van der Waals surface area contributed by atoms with E-state index < -0.39 is 53.5 Å². The maximum absolute atomic E-state index is 11.1. The molecule has 2 aromatic rings. The Kier molecular flexibility index (Phi) is 13.8. The van der Waals surface area contributed by atoms with Crippen LogP contribution in [0.15, 0.2) is 60.7 Å². The van der Waals surface area contributed by atoms with Crippen LogP contribution in [-0.2, 0) is 33.6 Å². The molecule has 14 heteroatoms. The molecule has 0 aliphatic heterocycles. The number of hydrogen-bond donors (Lipinski definition) is 0. The van der Waals surface area contributed by atoms with Crippen molar-refractivity contribution in [3.63, 3.8) is 0 Å². The molecule has 0 saturated carbocycles. The Morgan fingerprint density at radius 1 is 0.788 bits per heavy atom. The average molecular weight is 535 g/mol. The molecule has 0 aromatic heterocycles. The van der Waals surface area contributed by atoms with Crippen molar-refractivity contribution in [1.82, 2.24) is 0 Å². The van der Waals surface area contributed by atoms with Crippen molar-refractivity contribution < 1.29 is 97.8 Å². The second kappa shape index (κ2) is 13.6. The molecular weight excluding hydrogens is 510 g/mol. The molecule has 2 aromatic carbocycles. The molecule has 0 bridgehead atoms. The third kappa shape index (κ3) is 10.1. The second-order valence-electron chi connectivity index (χ2n) is 7.79. The Labute approximate surface area is 240 Å². The zero-order chi connectivity index (χ0) is 23.3. The van der Waals surface area contributed by atoms with E-state index in [2.05, 4.69) is 8.37 Å². The largest absolute Gasteiger partial charge is 1.00 e. The van der Waals surface area contributed by atoms with Crippen LogP contribution >= 0.6 is 0 Å². The molecule has 33 heavy (non-hydrogen) atoms. The molecule has 1 atom stereocenters. The van der Waals surface area contributed by atoms with E-state index in [0.29, 0.717) is 0 Å². The average Bonchev–Trinajstić information content (AvgIpc) is 2.65. The molecule has 0 aliphatic carbocycles. The summed E-state index contributed by atoms with van der Waals surface area (Å²) in [6, 6.07) is 18.6. The third-order valence-electron chi connectivity index (χ3n) is 4.55. The first-order valence-electron chi connectivity index (χ1n) is 9.24. The zero-order valence-electron chi connectivity index (χ0n) is 19.3. The molecule has 172 valence electrons. The molecular formula is C19H24Na2O9S2Si. The maximum atomic E-state index is 11.1. The first kappa shape index (κ1) is 33.4. The summed E-state index contributed by atoms with van der Waals surface area (Å²) in [5.74, 6) is 0. The van der Waals surface area contributed by atoms with Gasteiger partial charge in [-0.1, -0.05) is 81.4 Å². The van der Waals surface area contributed by atoms with Gasteiger partial charge in [-0.15, -0.1) is 0 Å². The van der Waals surface area contributed by atoms with Gasteiger partial charge in [0.1, 0.15) is 6.10 Å². The molecule has 0 heterocycles. The Balaban J connectivity index is 0.00000512. The summed E-state index contributed by atoms with van der Waals surface area (Å²) in [7, 11) is -13.5. The van der Waals surface area contributed by atoms with Crippen LogP contribution in [0.1, 0.15) is 20.8 Å². The zero-order valence-corrected chi connectivity index (χ0v) is 25.9. The van der Waals surface area contributed by atoms with E-state index in [4.69, 9.17) is 4.43 Å². The Bertz CT molecular complexity index is 1020. The fourth-order valence-corrected chi connectivity index (χ4v) is 8.76. The smallest absolute Gasteiger partial charge is 0.726 e. The Morgan fingerprint density at radius 2 is 1.21 bits per heavy atom. The van der Waals surface area contributed by atoms with E-state index in [9.17, 15) is 25.9 Å². The molecule has 0 N–H and O–H groups in total. The van der Waals surface area contributed by atoms with Crippen molar-refractivity contribution >= 4 is 39.5 Å². The van der Waals surface area contributed by atoms with Crippen LogP contribution < -0.4 is 69.5 Å². The minimum atomic E-state index is -5.21. The second-order valence-corrected chi connectivity index (χ2v) is 14.2. The molecule has 2 rings (SSSR count). The summed E-state index contributed by atoms with van der Waals surface area (Å²) < 4.78 is 80.7. The van der Waals surface area contributed by atoms with Gasteiger partial charge in [-0.25, -0.2) is 16.8 Å². The van der Waals surface area contributed by atoms with Crippen LogP contribution in [0.4, 0.5) is 0 Å². The number of hydrogen-bond acceptors (Lipinski definition) is 9. The van der Waals surface area contributed by atoms with E-state index in [1.807, 2.05) is 81.4 Å². The number of rotatable bonds is 10. The van der Waals surface area contributed by atoms with Crippen molar-refractivity contribution in [3.05, 3.63) is 60.7 Å².